The van der Waals surface area contributed by atoms with Crippen molar-refractivity contribution in [2.45, 2.75) is 13.2 Å². The van der Waals surface area contributed by atoms with Crippen LogP contribution in [0.3, 0.4) is 0 Å². The highest BCUT2D eigenvalue weighted by molar-refractivity contribution is 9.09. The number of rotatable bonds is 7. The van der Waals surface area contributed by atoms with Crippen molar-refractivity contribution in [1.29, 1.82) is 0 Å². The molecular weight excluding hydrogens is 442 g/mol. The summed E-state index contributed by atoms with van der Waals surface area (Å²) in [4.78, 5) is 25.3. The van der Waals surface area contributed by atoms with Crippen LogP contribution in [0.5, 0.6) is 5.75 Å². The zero-order chi connectivity index (χ0) is 20.9. The van der Waals surface area contributed by atoms with Crippen molar-refractivity contribution in [1.82, 2.24) is 4.57 Å². The summed E-state index contributed by atoms with van der Waals surface area (Å²) in [5.74, 6) is 0.535. The minimum atomic E-state index is -0.139. The molecule has 1 aromatic heterocycles. The second-order valence-corrected chi connectivity index (χ2v) is 7.51. The first-order chi connectivity index (χ1) is 14.7. The number of halogens is 1. The van der Waals surface area contributed by atoms with Crippen molar-refractivity contribution in [2.75, 3.05) is 5.33 Å². The molecule has 0 spiro atoms. The van der Waals surface area contributed by atoms with Gasteiger partial charge in [-0.15, -0.1) is 0 Å². The Morgan fingerprint density at radius 2 is 1.50 bits per heavy atom. The number of benzene rings is 3. The second-order valence-electron chi connectivity index (χ2n) is 6.95. The predicted octanol–water partition coefficient (Wildman–Crippen LogP) is 5.21. The molecule has 0 saturated carbocycles. The van der Waals surface area contributed by atoms with E-state index in [4.69, 9.17) is 4.74 Å². The smallest absolute Gasteiger partial charge is 0.251 e. The summed E-state index contributed by atoms with van der Waals surface area (Å²) >= 11 is 3.25. The van der Waals surface area contributed by atoms with Gasteiger partial charge < -0.3 is 9.30 Å². The Hall–Kier alpha value is -3.18. The Morgan fingerprint density at radius 3 is 2.17 bits per heavy atom. The minimum absolute atomic E-state index is 0.0421. The highest BCUT2D eigenvalue weighted by Gasteiger charge is 2.17. The lowest BCUT2D eigenvalue weighted by atomic mass is 10.0. The molecule has 4 nitrogen and oxygen atoms in total. The fourth-order valence-corrected chi connectivity index (χ4v) is 3.78. The normalized spacial score (nSPS) is 10.8. The number of nitrogens with zero attached hydrogens (tertiary/aromatic N) is 1. The zero-order valence-corrected chi connectivity index (χ0v) is 17.8. The van der Waals surface area contributed by atoms with E-state index in [1.165, 1.54) is 6.07 Å². The highest BCUT2D eigenvalue weighted by atomic mass is 79.9. The van der Waals surface area contributed by atoms with E-state index in [1.807, 2.05) is 60.7 Å². The van der Waals surface area contributed by atoms with Gasteiger partial charge in [0.15, 0.2) is 5.78 Å². The van der Waals surface area contributed by atoms with Gasteiger partial charge >= 0.3 is 0 Å². The first-order valence-corrected chi connectivity index (χ1v) is 10.8. The molecule has 0 bridgehead atoms. The number of Topliss-reactive ketones (excluding diaryl/α,β-unsaturated/α-hetero) is 1. The fraction of sp³-hybridized carbons (Fsp3) is 0.120. The van der Waals surface area contributed by atoms with Crippen LogP contribution >= 0.6 is 15.9 Å². The molecule has 4 rings (SSSR count). The van der Waals surface area contributed by atoms with E-state index >= 15 is 0 Å². The van der Waals surface area contributed by atoms with Crippen LogP contribution in [-0.4, -0.2) is 15.7 Å². The average Bonchev–Trinajstić information content (AvgIpc) is 2.80. The maximum Gasteiger partial charge on any atom is 0.251 e. The Morgan fingerprint density at radius 1 is 0.833 bits per heavy atom. The highest BCUT2D eigenvalue weighted by Crippen LogP contribution is 2.29. The van der Waals surface area contributed by atoms with Gasteiger partial charge in [-0.2, -0.15) is 0 Å². The van der Waals surface area contributed by atoms with Crippen molar-refractivity contribution in [3.8, 4) is 5.75 Å². The summed E-state index contributed by atoms with van der Waals surface area (Å²) < 4.78 is 7.80. The van der Waals surface area contributed by atoms with Gasteiger partial charge in [0.2, 0.25) is 0 Å². The SMILES string of the molecule is O=C(CBr)c1ccc(OCc2ccccc2)c2c1ccc(=O)n2Cc1ccccc1. The number of hydrogen-bond acceptors (Lipinski definition) is 3. The zero-order valence-electron chi connectivity index (χ0n) is 16.3. The average molecular weight is 462 g/mol. The lowest BCUT2D eigenvalue weighted by molar-refractivity contribution is 0.102. The molecule has 0 atom stereocenters. The van der Waals surface area contributed by atoms with Crippen LogP contribution in [0.2, 0.25) is 0 Å². The van der Waals surface area contributed by atoms with Gasteiger partial charge in [0.05, 0.1) is 17.4 Å². The molecule has 0 N–H and O–H groups in total. The summed E-state index contributed by atoms with van der Waals surface area (Å²) in [6.07, 6.45) is 0. The van der Waals surface area contributed by atoms with Gasteiger partial charge in [0.25, 0.3) is 5.56 Å². The molecule has 3 aromatic carbocycles. The number of ketones is 1. The molecule has 0 saturated heterocycles. The van der Waals surface area contributed by atoms with Crippen LogP contribution < -0.4 is 10.3 Å². The van der Waals surface area contributed by atoms with Crippen LogP contribution in [0, 0.1) is 0 Å². The number of alkyl halides is 1. The summed E-state index contributed by atoms with van der Waals surface area (Å²) in [6.45, 7) is 0.765. The molecule has 5 heteroatoms. The Kier molecular flexibility index (Phi) is 6.10. The maximum atomic E-state index is 12.8. The number of ether oxygens (including phenoxy) is 1. The predicted molar refractivity (Wildman–Crippen MR) is 123 cm³/mol. The molecule has 30 heavy (non-hydrogen) atoms. The quantitative estimate of drug-likeness (QED) is 0.280. The van der Waals surface area contributed by atoms with Crippen molar-refractivity contribution >= 4 is 32.6 Å². The first kappa shape index (κ1) is 20.1. The van der Waals surface area contributed by atoms with Gasteiger partial charge in [0.1, 0.15) is 12.4 Å². The van der Waals surface area contributed by atoms with Crippen LogP contribution in [0.25, 0.3) is 10.9 Å². The van der Waals surface area contributed by atoms with Gasteiger partial charge in [-0.1, -0.05) is 76.6 Å². The van der Waals surface area contributed by atoms with Gasteiger partial charge in [-0.25, -0.2) is 0 Å². The van der Waals surface area contributed by atoms with Crippen LogP contribution in [-0.2, 0) is 13.2 Å². The Bertz CT molecular complexity index is 1230. The molecule has 0 unspecified atom stereocenters. The number of carbonyl (C=O) groups excluding carboxylic acids is 1. The molecule has 0 radical (unpaired) electrons. The number of fused-ring (bicyclic) bond motifs is 1. The van der Waals surface area contributed by atoms with E-state index < -0.39 is 0 Å². The molecule has 150 valence electrons. The topological polar surface area (TPSA) is 48.3 Å². The number of aromatic nitrogens is 1. The third-order valence-corrected chi connectivity index (χ3v) is 5.46. The summed E-state index contributed by atoms with van der Waals surface area (Å²) in [6, 6.07) is 26.4. The minimum Gasteiger partial charge on any atom is -0.487 e. The van der Waals surface area contributed by atoms with Crippen LogP contribution in [0.4, 0.5) is 0 Å². The van der Waals surface area contributed by atoms with E-state index in [-0.39, 0.29) is 16.7 Å². The Labute approximate surface area is 182 Å². The van der Waals surface area contributed by atoms with Crippen LogP contribution in [0.1, 0.15) is 21.5 Å². The third kappa shape index (κ3) is 4.21. The van der Waals surface area contributed by atoms with Crippen molar-refractivity contribution in [3.63, 3.8) is 0 Å². The molecular formula is C25H20BrNO3. The molecule has 0 amide bonds. The van der Waals surface area contributed by atoms with E-state index in [0.29, 0.717) is 35.4 Å². The van der Waals surface area contributed by atoms with E-state index in [1.54, 1.807) is 22.8 Å². The Balaban J connectivity index is 1.86. The monoisotopic (exact) mass is 461 g/mol. The molecule has 0 aliphatic carbocycles. The molecule has 0 aliphatic rings. The lowest BCUT2D eigenvalue weighted by Crippen LogP contribution is -2.21. The van der Waals surface area contributed by atoms with Gasteiger partial charge in [-0.05, 0) is 29.3 Å². The first-order valence-electron chi connectivity index (χ1n) is 9.64. The standard InChI is InChI=1S/C25H20BrNO3/c26-15-22(28)20-11-13-23(30-17-19-9-5-2-6-10-19)25-21(20)12-14-24(29)27(25)16-18-7-3-1-4-8-18/h1-14H,15-17H2. The maximum absolute atomic E-state index is 12.8. The fourth-order valence-electron chi connectivity index (χ4n) is 3.48. The van der Waals surface area contributed by atoms with Crippen molar-refractivity contribution in [2.24, 2.45) is 0 Å². The summed E-state index contributed by atoms with van der Waals surface area (Å²) in [5, 5.41) is 0.921. The number of hydrogen-bond donors (Lipinski definition) is 0. The van der Waals surface area contributed by atoms with Crippen molar-refractivity contribution < 1.29 is 9.53 Å². The van der Waals surface area contributed by atoms with E-state index in [0.717, 1.165) is 11.1 Å². The van der Waals surface area contributed by atoms with Gasteiger partial charge in [0, 0.05) is 17.0 Å². The number of carbonyl (C=O) groups is 1. The number of pyridine rings is 1. The molecule has 0 aliphatic heterocycles. The second kappa shape index (κ2) is 9.09. The molecule has 1 heterocycles. The van der Waals surface area contributed by atoms with E-state index in [9.17, 15) is 9.59 Å². The van der Waals surface area contributed by atoms with E-state index in [2.05, 4.69) is 15.9 Å². The third-order valence-electron chi connectivity index (χ3n) is 4.95. The largest absolute Gasteiger partial charge is 0.487 e. The molecule has 0 fully saturated rings. The lowest BCUT2D eigenvalue weighted by Gasteiger charge is -2.17. The van der Waals surface area contributed by atoms with Crippen LogP contribution in [0.15, 0.2) is 89.7 Å². The summed E-state index contributed by atoms with van der Waals surface area (Å²) in [7, 11) is 0. The summed E-state index contributed by atoms with van der Waals surface area (Å²) in [5.41, 5.74) is 3.08. The van der Waals surface area contributed by atoms with Crippen molar-refractivity contribution in [3.05, 3.63) is 112 Å². The molecule has 4 aromatic rings. The van der Waals surface area contributed by atoms with Gasteiger partial charge in [-0.3, -0.25) is 9.59 Å².